The molecule has 0 spiro atoms. The molecule has 1 rings (SSSR count). The zero-order valence-electron chi connectivity index (χ0n) is 11.5. The molecule has 1 aromatic heterocycles. The van der Waals surface area contributed by atoms with Crippen LogP contribution in [0, 0.1) is 0 Å². The monoisotopic (exact) mass is 320 g/mol. The molecule has 0 aromatic carbocycles. The summed E-state index contributed by atoms with van der Waals surface area (Å²) in [6, 6.07) is 1.50. The molecule has 0 unspecified atom stereocenters. The van der Waals surface area contributed by atoms with Gasteiger partial charge in [-0.3, -0.25) is 4.79 Å². The Morgan fingerprint density at radius 3 is 2.65 bits per heavy atom. The van der Waals surface area contributed by atoms with E-state index in [4.69, 9.17) is 11.6 Å². The largest absolute Gasteiger partial charge is 0.373 e. The van der Waals surface area contributed by atoms with Crippen molar-refractivity contribution in [2.24, 2.45) is 0 Å². The standard InChI is InChI=1S/C11H17ClN4O3S/c1-13-10-6-8(9(12)7-15-10)11(17)14-4-5-20(18,19)16(2)3/h6-7H,4-5H2,1-3H3,(H,13,15)(H,14,17). The van der Waals surface area contributed by atoms with Crippen LogP contribution in [0.4, 0.5) is 5.82 Å². The van der Waals surface area contributed by atoms with Gasteiger partial charge in [-0.1, -0.05) is 11.6 Å². The highest BCUT2D eigenvalue weighted by molar-refractivity contribution is 7.89. The van der Waals surface area contributed by atoms with E-state index in [1.807, 2.05) is 0 Å². The molecule has 0 bridgehead atoms. The molecule has 0 saturated heterocycles. The number of anilines is 1. The highest BCUT2D eigenvalue weighted by atomic mass is 35.5. The number of halogens is 1. The number of rotatable bonds is 6. The minimum Gasteiger partial charge on any atom is -0.373 e. The van der Waals surface area contributed by atoms with Crippen LogP contribution in [0.15, 0.2) is 12.3 Å². The van der Waals surface area contributed by atoms with E-state index in [1.165, 1.54) is 26.4 Å². The van der Waals surface area contributed by atoms with Crippen molar-refractivity contribution in [3.8, 4) is 0 Å². The number of hydrogen-bond donors (Lipinski definition) is 2. The second-order valence-corrected chi connectivity index (χ2v) is 6.86. The van der Waals surface area contributed by atoms with Gasteiger partial charge in [-0.05, 0) is 6.07 Å². The third-order valence-electron chi connectivity index (χ3n) is 2.56. The van der Waals surface area contributed by atoms with Gasteiger partial charge >= 0.3 is 0 Å². The van der Waals surface area contributed by atoms with Crippen LogP contribution < -0.4 is 10.6 Å². The number of carbonyl (C=O) groups is 1. The number of pyridine rings is 1. The fraction of sp³-hybridized carbons (Fsp3) is 0.455. The Bertz CT molecular complexity index is 589. The maximum absolute atomic E-state index is 11.9. The van der Waals surface area contributed by atoms with Gasteiger partial charge in [0.2, 0.25) is 10.0 Å². The Balaban J connectivity index is 2.69. The predicted molar refractivity (Wildman–Crippen MR) is 78.6 cm³/mol. The van der Waals surface area contributed by atoms with Gasteiger partial charge in [0, 0.05) is 33.9 Å². The smallest absolute Gasteiger partial charge is 0.253 e. The summed E-state index contributed by atoms with van der Waals surface area (Å²) in [5.74, 6) is -0.115. The number of amides is 1. The van der Waals surface area contributed by atoms with Crippen LogP contribution >= 0.6 is 11.6 Å². The molecule has 112 valence electrons. The molecule has 0 radical (unpaired) electrons. The van der Waals surface area contributed by atoms with Crippen molar-refractivity contribution in [1.82, 2.24) is 14.6 Å². The van der Waals surface area contributed by atoms with Gasteiger partial charge in [0.05, 0.1) is 16.3 Å². The molecule has 0 saturated carbocycles. The summed E-state index contributed by atoms with van der Waals surface area (Å²) in [4.78, 5) is 15.9. The van der Waals surface area contributed by atoms with Crippen molar-refractivity contribution >= 4 is 33.3 Å². The highest BCUT2D eigenvalue weighted by Crippen LogP contribution is 2.17. The SMILES string of the molecule is CNc1cc(C(=O)NCCS(=O)(=O)N(C)C)c(Cl)cn1. The molecule has 0 aliphatic heterocycles. The molecule has 0 atom stereocenters. The van der Waals surface area contributed by atoms with Crippen LogP contribution in [0.5, 0.6) is 0 Å². The van der Waals surface area contributed by atoms with Gasteiger partial charge in [0.15, 0.2) is 0 Å². The van der Waals surface area contributed by atoms with Gasteiger partial charge in [-0.2, -0.15) is 0 Å². The predicted octanol–water partition coefficient (Wildman–Crippen LogP) is 0.398. The van der Waals surface area contributed by atoms with E-state index in [1.54, 1.807) is 7.05 Å². The van der Waals surface area contributed by atoms with Gasteiger partial charge < -0.3 is 10.6 Å². The number of nitrogens with one attached hydrogen (secondary N) is 2. The van der Waals surface area contributed by atoms with E-state index >= 15 is 0 Å². The molecule has 9 heteroatoms. The topological polar surface area (TPSA) is 91.4 Å². The first-order valence-electron chi connectivity index (χ1n) is 5.79. The summed E-state index contributed by atoms with van der Waals surface area (Å²) in [7, 11) is 1.21. The lowest BCUT2D eigenvalue weighted by atomic mass is 10.2. The molecule has 0 aliphatic carbocycles. The fourth-order valence-electron chi connectivity index (χ4n) is 1.32. The first kappa shape index (κ1) is 16.7. The van der Waals surface area contributed by atoms with E-state index in [9.17, 15) is 13.2 Å². The van der Waals surface area contributed by atoms with Gasteiger partial charge in [-0.15, -0.1) is 0 Å². The normalized spacial score (nSPS) is 11.4. The van der Waals surface area contributed by atoms with Crippen LogP contribution in [-0.2, 0) is 10.0 Å². The summed E-state index contributed by atoms with van der Waals surface area (Å²) >= 11 is 5.89. The molecule has 2 N–H and O–H groups in total. The number of carbonyl (C=O) groups excluding carboxylic acids is 1. The second-order valence-electron chi connectivity index (χ2n) is 4.15. The third-order valence-corrected chi connectivity index (χ3v) is 4.69. The second kappa shape index (κ2) is 6.87. The Morgan fingerprint density at radius 1 is 1.45 bits per heavy atom. The van der Waals surface area contributed by atoms with Crippen molar-refractivity contribution in [3.05, 3.63) is 22.8 Å². The number of sulfonamides is 1. The van der Waals surface area contributed by atoms with Crippen molar-refractivity contribution < 1.29 is 13.2 Å². The lowest BCUT2D eigenvalue weighted by Gasteiger charge is -2.12. The minimum absolute atomic E-state index is 0.00683. The third kappa shape index (κ3) is 4.32. The lowest BCUT2D eigenvalue weighted by molar-refractivity contribution is 0.0956. The molecule has 1 amide bonds. The average Bonchev–Trinajstić information content (AvgIpc) is 2.38. The van der Waals surface area contributed by atoms with E-state index in [0.29, 0.717) is 5.82 Å². The van der Waals surface area contributed by atoms with E-state index in [2.05, 4.69) is 15.6 Å². The molecular weight excluding hydrogens is 304 g/mol. The van der Waals surface area contributed by atoms with Crippen molar-refractivity contribution in [2.75, 3.05) is 38.8 Å². The first-order chi connectivity index (χ1) is 9.27. The first-order valence-corrected chi connectivity index (χ1v) is 7.78. The van der Waals surface area contributed by atoms with Crippen LogP contribution in [-0.4, -0.2) is 57.1 Å². The van der Waals surface area contributed by atoms with Gasteiger partial charge in [0.25, 0.3) is 5.91 Å². The Labute approximate surface area is 123 Å². The molecule has 20 heavy (non-hydrogen) atoms. The Hall–Kier alpha value is -1.38. The number of aromatic nitrogens is 1. The van der Waals surface area contributed by atoms with Crippen LogP contribution in [0.3, 0.4) is 0 Å². The molecule has 1 aromatic rings. The summed E-state index contributed by atoms with van der Waals surface area (Å²) in [5.41, 5.74) is 0.244. The molecule has 0 fully saturated rings. The quantitative estimate of drug-likeness (QED) is 0.791. The van der Waals surface area contributed by atoms with Crippen LogP contribution in [0.25, 0.3) is 0 Å². The molecular formula is C11H17ClN4O3S. The van der Waals surface area contributed by atoms with Crippen LogP contribution in [0.2, 0.25) is 5.02 Å². The fourth-order valence-corrected chi connectivity index (χ4v) is 2.24. The number of hydrogen-bond acceptors (Lipinski definition) is 5. The van der Waals surface area contributed by atoms with E-state index < -0.39 is 15.9 Å². The van der Waals surface area contributed by atoms with E-state index in [-0.39, 0.29) is 22.9 Å². The highest BCUT2D eigenvalue weighted by Gasteiger charge is 2.15. The zero-order chi connectivity index (χ0) is 15.3. The maximum atomic E-state index is 11.9. The van der Waals surface area contributed by atoms with Crippen LogP contribution in [0.1, 0.15) is 10.4 Å². The molecule has 7 nitrogen and oxygen atoms in total. The molecule has 0 aliphatic rings. The molecule has 1 heterocycles. The van der Waals surface area contributed by atoms with Gasteiger partial charge in [0.1, 0.15) is 5.82 Å². The lowest BCUT2D eigenvalue weighted by Crippen LogP contribution is -2.34. The maximum Gasteiger partial charge on any atom is 0.253 e. The number of nitrogens with zero attached hydrogens (tertiary/aromatic N) is 2. The van der Waals surface area contributed by atoms with Crippen molar-refractivity contribution in [1.29, 1.82) is 0 Å². The van der Waals surface area contributed by atoms with Gasteiger partial charge in [-0.25, -0.2) is 17.7 Å². The average molecular weight is 321 g/mol. The Morgan fingerprint density at radius 2 is 2.10 bits per heavy atom. The summed E-state index contributed by atoms with van der Waals surface area (Å²) in [6.07, 6.45) is 1.36. The Kier molecular flexibility index (Phi) is 5.73. The van der Waals surface area contributed by atoms with Crippen molar-refractivity contribution in [3.63, 3.8) is 0 Å². The summed E-state index contributed by atoms with van der Waals surface area (Å²) in [6.45, 7) is 0.00683. The zero-order valence-corrected chi connectivity index (χ0v) is 13.0. The summed E-state index contributed by atoms with van der Waals surface area (Å²) in [5, 5.41) is 5.52. The van der Waals surface area contributed by atoms with E-state index in [0.717, 1.165) is 4.31 Å². The summed E-state index contributed by atoms with van der Waals surface area (Å²) < 4.78 is 24.2. The van der Waals surface area contributed by atoms with Crippen molar-refractivity contribution in [2.45, 2.75) is 0 Å². The minimum atomic E-state index is -3.34.